The topological polar surface area (TPSA) is 67.2 Å². The van der Waals surface area contributed by atoms with Crippen LogP contribution in [0.25, 0.3) is 0 Å². The van der Waals surface area contributed by atoms with E-state index < -0.39 is 35.4 Å². The van der Waals surface area contributed by atoms with Crippen molar-refractivity contribution < 1.29 is 27.0 Å². The van der Waals surface area contributed by atoms with Gasteiger partial charge in [-0.3, -0.25) is 0 Å². The Hall–Kier alpha value is -3.01. The molecule has 0 amide bonds. The van der Waals surface area contributed by atoms with Crippen molar-refractivity contribution in [2.24, 2.45) is 9.98 Å². The Bertz CT molecular complexity index is 1020. The molecule has 2 atom stereocenters. The molecule has 0 saturated carbocycles. The first-order valence-electron chi connectivity index (χ1n) is 8.44. The van der Waals surface area contributed by atoms with E-state index in [4.69, 9.17) is 21.1 Å². The van der Waals surface area contributed by atoms with E-state index in [1.807, 2.05) is 0 Å². The van der Waals surface area contributed by atoms with E-state index in [0.29, 0.717) is 6.07 Å². The first-order chi connectivity index (χ1) is 13.9. The maximum absolute atomic E-state index is 14.1. The van der Waals surface area contributed by atoms with Crippen molar-refractivity contribution in [1.82, 2.24) is 10.9 Å². The van der Waals surface area contributed by atoms with Crippen molar-refractivity contribution in [2.75, 3.05) is 13.2 Å². The zero-order valence-electron chi connectivity index (χ0n) is 14.6. The standard InChI is InChI=1S/C18H13ClF4N4O2/c19-10-3-1-2-8(16(10)23)14-6-28-17(24-14)26-27-18-25-15(7-29-18)9-4-12(21)13(22)5-11(9)20/h1-5,14-15H,6-7H2,(H,24,26)(H,25,27). The molecule has 2 aliphatic heterocycles. The van der Waals surface area contributed by atoms with Gasteiger partial charge in [-0.1, -0.05) is 23.7 Å². The molecule has 0 aliphatic carbocycles. The monoisotopic (exact) mass is 428 g/mol. The fraction of sp³-hybridized carbons (Fsp3) is 0.222. The van der Waals surface area contributed by atoms with Gasteiger partial charge in [0.15, 0.2) is 11.6 Å². The molecule has 11 heteroatoms. The summed E-state index contributed by atoms with van der Waals surface area (Å²) in [5.41, 5.74) is 5.34. The van der Waals surface area contributed by atoms with Crippen LogP contribution in [-0.4, -0.2) is 25.3 Å². The molecule has 2 N–H and O–H groups in total. The summed E-state index contributed by atoms with van der Waals surface area (Å²) >= 11 is 5.77. The fourth-order valence-electron chi connectivity index (χ4n) is 2.88. The van der Waals surface area contributed by atoms with Crippen LogP contribution in [0.3, 0.4) is 0 Å². The summed E-state index contributed by atoms with van der Waals surface area (Å²) in [5, 5.41) is -0.0125. The molecule has 2 unspecified atom stereocenters. The predicted molar refractivity (Wildman–Crippen MR) is 96.3 cm³/mol. The van der Waals surface area contributed by atoms with Crippen LogP contribution in [-0.2, 0) is 9.47 Å². The largest absolute Gasteiger partial charge is 0.461 e. The van der Waals surface area contributed by atoms with Crippen molar-refractivity contribution in [3.05, 3.63) is 69.8 Å². The van der Waals surface area contributed by atoms with Gasteiger partial charge < -0.3 is 9.47 Å². The third kappa shape index (κ3) is 3.93. The summed E-state index contributed by atoms with van der Waals surface area (Å²) in [6.45, 7) is 0.0208. The van der Waals surface area contributed by atoms with E-state index in [1.165, 1.54) is 6.07 Å². The van der Waals surface area contributed by atoms with Crippen LogP contribution in [0.1, 0.15) is 23.2 Å². The molecule has 2 aromatic rings. The second kappa shape index (κ2) is 7.78. The lowest BCUT2D eigenvalue weighted by Gasteiger charge is -2.07. The Balaban J connectivity index is 1.40. The molecule has 0 bridgehead atoms. The highest BCUT2D eigenvalue weighted by Gasteiger charge is 2.27. The Morgan fingerprint density at radius 3 is 2.07 bits per heavy atom. The van der Waals surface area contributed by atoms with Gasteiger partial charge in [0.05, 0.1) is 5.02 Å². The van der Waals surface area contributed by atoms with E-state index in [1.54, 1.807) is 12.1 Å². The second-order valence-electron chi connectivity index (χ2n) is 6.20. The van der Waals surface area contributed by atoms with Crippen molar-refractivity contribution in [3.8, 4) is 0 Å². The van der Waals surface area contributed by atoms with Gasteiger partial charge in [-0.2, -0.15) is 0 Å². The van der Waals surface area contributed by atoms with E-state index in [0.717, 1.165) is 6.07 Å². The van der Waals surface area contributed by atoms with Crippen LogP contribution >= 0.6 is 11.6 Å². The number of nitrogens with zero attached hydrogens (tertiary/aromatic N) is 2. The number of nitrogens with one attached hydrogen (secondary N) is 2. The second-order valence-corrected chi connectivity index (χ2v) is 6.61. The van der Waals surface area contributed by atoms with Gasteiger partial charge in [0, 0.05) is 17.2 Å². The predicted octanol–water partition coefficient (Wildman–Crippen LogP) is 3.55. The van der Waals surface area contributed by atoms with Crippen LogP contribution in [0, 0.1) is 23.3 Å². The van der Waals surface area contributed by atoms with Gasteiger partial charge in [-0.15, -0.1) is 0 Å². The van der Waals surface area contributed by atoms with Gasteiger partial charge in [-0.25, -0.2) is 38.4 Å². The van der Waals surface area contributed by atoms with Crippen molar-refractivity contribution in [3.63, 3.8) is 0 Å². The lowest BCUT2D eigenvalue weighted by Crippen LogP contribution is -2.41. The maximum Gasteiger partial charge on any atom is 0.304 e. The molecule has 6 nitrogen and oxygen atoms in total. The molecule has 4 rings (SSSR count). The highest BCUT2D eigenvalue weighted by Crippen LogP contribution is 2.29. The zero-order chi connectivity index (χ0) is 20.5. The molecule has 2 aromatic carbocycles. The molecule has 29 heavy (non-hydrogen) atoms. The molecule has 2 aliphatic rings. The van der Waals surface area contributed by atoms with E-state index >= 15 is 0 Å². The minimum Gasteiger partial charge on any atom is -0.461 e. The quantitative estimate of drug-likeness (QED) is 0.436. The summed E-state index contributed by atoms with van der Waals surface area (Å²) in [6, 6.07) is 4.39. The minimum absolute atomic E-state index is 0.0125. The van der Waals surface area contributed by atoms with Crippen molar-refractivity contribution in [1.29, 1.82) is 0 Å². The van der Waals surface area contributed by atoms with E-state index in [-0.39, 0.29) is 41.4 Å². The lowest BCUT2D eigenvalue weighted by molar-refractivity contribution is 0.287. The van der Waals surface area contributed by atoms with Gasteiger partial charge in [0.2, 0.25) is 0 Å². The summed E-state index contributed by atoms with van der Waals surface area (Å²) in [4.78, 5) is 8.25. The zero-order valence-corrected chi connectivity index (χ0v) is 15.3. The highest BCUT2D eigenvalue weighted by molar-refractivity contribution is 6.30. The molecule has 0 saturated heterocycles. The third-order valence-electron chi connectivity index (χ3n) is 4.32. The minimum atomic E-state index is -1.28. The van der Waals surface area contributed by atoms with E-state index in [2.05, 4.69) is 20.8 Å². The molecule has 2 heterocycles. The van der Waals surface area contributed by atoms with Crippen LogP contribution in [0.2, 0.25) is 5.02 Å². The van der Waals surface area contributed by atoms with Gasteiger partial charge in [0.1, 0.15) is 36.9 Å². The number of benzene rings is 2. The first kappa shape index (κ1) is 19.3. The number of aliphatic imine (C=N–C) groups is 2. The third-order valence-corrected chi connectivity index (χ3v) is 4.61. The van der Waals surface area contributed by atoms with Crippen molar-refractivity contribution in [2.45, 2.75) is 12.1 Å². The molecular formula is C18H13ClF4N4O2. The number of hydrogen-bond donors (Lipinski definition) is 2. The number of rotatable bonds is 2. The normalized spacial score (nSPS) is 20.6. The number of amidine groups is 2. The van der Waals surface area contributed by atoms with Gasteiger partial charge in [0.25, 0.3) is 0 Å². The molecule has 0 radical (unpaired) electrons. The number of hydrazine groups is 1. The molecule has 0 aromatic heterocycles. The molecular weight excluding hydrogens is 416 g/mol. The summed E-state index contributed by atoms with van der Waals surface area (Å²) in [6.07, 6.45) is 0. The number of ether oxygens (including phenoxy) is 2. The Kier molecular flexibility index (Phi) is 5.18. The average Bonchev–Trinajstić information content (AvgIpc) is 3.35. The SMILES string of the molecule is Fc1cc(F)c(C2COC(NNC3=NC(c4cccc(Cl)c4F)CO3)=N2)cc1F. The summed E-state index contributed by atoms with van der Waals surface area (Å²) < 4.78 is 65.0. The smallest absolute Gasteiger partial charge is 0.304 e. The Morgan fingerprint density at radius 2 is 1.41 bits per heavy atom. The van der Waals surface area contributed by atoms with E-state index in [9.17, 15) is 17.6 Å². The molecule has 0 fully saturated rings. The summed E-state index contributed by atoms with van der Waals surface area (Å²) in [5.74, 6) is -3.95. The first-order valence-corrected chi connectivity index (χ1v) is 8.81. The summed E-state index contributed by atoms with van der Waals surface area (Å²) in [7, 11) is 0. The number of halogens is 5. The van der Waals surface area contributed by atoms with Gasteiger partial charge in [-0.05, 0) is 12.1 Å². The molecule has 0 spiro atoms. The molecule has 152 valence electrons. The maximum atomic E-state index is 14.1. The van der Waals surface area contributed by atoms with Gasteiger partial charge >= 0.3 is 12.0 Å². The van der Waals surface area contributed by atoms with Crippen LogP contribution in [0.5, 0.6) is 0 Å². The highest BCUT2D eigenvalue weighted by atomic mass is 35.5. The lowest BCUT2D eigenvalue weighted by atomic mass is 10.1. The van der Waals surface area contributed by atoms with Crippen LogP contribution in [0.15, 0.2) is 40.3 Å². The van der Waals surface area contributed by atoms with Crippen LogP contribution in [0.4, 0.5) is 17.6 Å². The van der Waals surface area contributed by atoms with Crippen LogP contribution < -0.4 is 10.9 Å². The number of hydrogen-bond acceptors (Lipinski definition) is 6. The fourth-order valence-corrected chi connectivity index (χ4v) is 3.06. The Morgan fingerprint density at radius 1 is 0.828 bits per heavy atom. The Labute approximate surface area is 167 Å². The van der Waals surface area contributed by atoms with Crippen molar-refractivity contribution >= 4 is 23.6 Å². The average molecular weight is 429 g/mol.